The number of aromatic amines is 1. The molecule has 0 bridgehead atoms. The number of carboxylic acid groups (broad SMARTS) is 1. The second kappa shape index (κ2) is 6.31. The third-order valence-electron chi connectivity index (χ3n) is 3.47. The van der Waals surface area contributed by atoms with Crippen LogP contribution >= 0.6 is 0 Å². The molecular formula is C17H15N3O3. The Kier molecular flexibility index (Phi) is 4.05. The molecule has 0 spiro atoms. The van der Waals surface area contributed by atoms with E-state index in [1.165, 1.54) is 5.56 Å². The standard InChI is InChI=1S/C17H15N3O3/c1-2-11-4-3-5-13(10-11)12-6-8-14(9-7-12)23-16-15(17(21)22)18-20-19-16/h3-10H,2H2,1H3,(H,21,22)(H,18,19,20). The van der Waals surface area contributed by atoms with E-state index in [9.17, 15) is 4.79 Å². The second-order valence-corrected chi connectivity index (χ2v) is 4.98. The number of H-pyrrole nitrogens is 1. The molecule has 6 heteroatoms. The van der Waals surface area contributed by atoms with Crippen molar-refractivity contribution >= 4 is 5.97 Å². The molecule has 116 valence electrons. The van der Waals surface area contributed by atoms with Gasteiger partial charge < -0.3 is 9.84 Å². The summed E-state index contributed by atoms with van der Waals surface area (Å²) in [6.45, 7) is 2.12. The number of aryl methyl sites for hydroxylation is 1. The van der Waals surface area contributed by atoms with E-state index in [0.717, 1.165) is 17.5 Å². The largest absolute Gasteiger partial charge is 0.476 e. The minimum Gasteiger partial charge on any atom is -0.476 e. The number of carboxylic acids is 1. The first-order valence-corrected chi connectivity index (χ1v) is 7.19. The van der Waals surface area contributed by atoms with Crippen molar-refractivity contribution in [2.24, 2.45) is 0 Å². The van der Waals surface area contributed by atoms with Crippen LogP contribution in [-0.4, -0.2) is 26.5 Å². The van der Waals surface area contributed by atoms with E-state index in [-0.39, 0.29) is 11.6 Å². The average Bonchev–Trinajstić information content (AvgIpc) is 3.04. The molecule has 0 fully saturated rings. The first kappa shape index (κ1) is 14.8. The van der Waals surface area contributed by atoms with Crippen molar-refractivity contribution in [1.29, 1.82) is 0 Å². The molecule has 0 aliphatic rings. The van der Waals surface area contributed by atoms with Crippen molar-refractivity contribution in [1.82, 2.24) is 15.4 Å². The summed E-state index contributed by atoms with van der Waals surface area (Å²) in [5.74, 6) is -0.729. The molecule has 3 aromatic rings. The van der Waals surface area contributed by atoms with Gasteiger partial charge in [-0.1, -0.05) is 53.6 Å². The number of hydrogen-bond acceptors (Lipinski definition) is 4. The fourth-order valence-electron chi connectivity index (χ4n) is 2.23. The lowest BCUT2D eigenvalue weighted by Gasteiger charge is -2.06. The predicted octanol–water partition coefficient (Wildman–Crippen LogP) is 3.52. The summed E-state index contributed by atoms with van der Waals surface area (Å²) in [6.07, 6.45) is 0.985. The van der Waals surface area contributed by atoms with Gasteiger partial charge in [-0.25, -0.2) is 9.89 Å². The number of aromatic nitrogens is 3. The number of nitrogens with one attached hydrogen (secondary N) is 1. The molecule has 0 aliphatic heterocycles. The quantitative estimate of drug-likeness (QED) is 0.752. The number of nitrogens with zero attached hydrogens (tertiary/aromatic N) is 2. The maximum atomic E-state index is 11.0. The normalized spacial score (nSPS) is 10.5. The summed E-state index contributed by atoms with van der Waals surface area (Å²) < 4.78 is 5.46. The molecule has 0 atom stereocenters. The van der Waals surface area contributed by atoms with Crippen LogP contribution in [0, 0.1) is 0 Å². The van der Waals surface area contributed by atoms with Gasteiger partial charge in [0.25, 0.3) is 5.88 Å². The van der Waals surface area contributed by atoms with Crippen LogP contribution in [0.3, 0.4) is 0 Å². The minimum atomic E-state index is -1.17. The van der Waals surface area contributed by atoms with E-state index in [4.69, 9.17) is 9.84 Å². The van der Waals surface area contributed by atoms with Crippen molar-refractivity contribution in [3.05, 3.63) is 59.8 Å². The average molecular weight is 309 g/mol. The summed E-state index contributed by atoms with van der Waals surface area (Å²) in [7, 11) is 0. The summed E-state index contributed by atoms with van der Waals surface area (Å²) >= 11 is 0. The lowest BCUT2D eigenvalue weighted by Crippen LogP contribution is -1.99. The number of hydrogen-bond donors (Lipinski definition) is 2. The number of carbonyl (C=O) groups is 1. The van der Waals surface area contributed by atoms with E-state index in [1.54, 1.807) is 12.1 Å². The summed E-state index contributed by atoms with van der Waals surface area (Å²) in [4.78, 5) is 11.0. The molecule has 0 amide bonds. The SMILES string of the molecule is CCc1cccc(-c2ccc(Oc3nn[nH]c3C(=O)O)cc2)c1. The fourth-order valence-corrected chi connectivity index (χ4v) is 2.23. The second-order valence-electron chi connectivity index (χ2n) is 4.98. The van der Waals surface area contributed by atoms with E-state index in [2.05, 4.69) is 40.5 Å². The van der Waals surface area contributed by atoms with Gasteiger partial charge in [-0.3, -0.25) is 0 Å². The first-order valence-electron chi connectivity index (χ1n) is 7.19. The fraction of sp³-hybridized carbons (Fsp3) is 0.118. The van der Waals surface area contributed by atoms with Crippen molar-refractivity contribution in [3.63, 3.8) is 0 Å². The molecule has 1 heterocycles. The van der Waals surface area contributed by atoms with Gasteiger partial charge in [0.15, 0.2) is 0 Å². The van der Waals surface area contributed by atoms with Crippen molar-refractivity contribution in [2.75, 3.05) is 0 Å². The highest BCUT2D eigenvalue weighted by Crippen LogP contribution is 2.26. The third-order valence-corrected chi connectivity index (χ3v) is 3.47. The van der Waals surface area contributed by atoms with Gasteiger partial charge in [-0.15, -0.1) is 0 Å². The van der Waals surface area contributed by atoms with Crippen LogP contribution < -0.4 is 4.74 Å². The molecule has 0 unspecified atom stereocenters. The Balaban J connectivity index is 1.82. The van der Waals surface area contributed by atoms with Crippen molar-refractivity contribution < 1.29 is 14.6 Å². The van der Waals surface area contributed by atoms with E-state index < -0.39 is 5.97 Å². The highest BCUT2D eigenvalue weighted by Gasteiger charge is 2.16. The smallest absolute Gasteiger partial charge is 0.359 e. The maximum Gasteiger partial charge on any atom is 0.359 e. The summed E-state index contributed by atoms with van der Waals surface area (Å²) in [5, 5.41) is 18.3. The van der Waals surface area contributed by atoms with E-state index in [1.807, 2.05) is 18.2 Å². The molecule has 3 rings (SSSR count). The molecule has 2 aromatic carbocycles. The molecular weight excluding hydrogens is 294 g/mol. The summed E-state index contributed by atoms with van der Waals surface area (Å²) in [6, 6.07) is 15.7. The highest BCUT2D eigenvalue weighted by atomic mass is 16.5. The molecule has 0 saturated heterocycles. The van der Waals surface area contributed by atoms with Crippen LogP contribution in [0.1, 0.15) is 23.0 Å². The van der Waals surface area contributed by atoms with Crippen LogP contribution in [0.5, 0.6) is 11.6 Å². The molecule has 1 aromatic heterocycles. The predicted molar refractivity (Wildman–Crippen MR) is 84.7 cm³/mol. The zero-order valence-electron chi connectivity index (χ0n) is 12.5. The van der Waals surface area contributed by atoms with Crippen molar-refractivity contribution in [3.8, 4) is 22.8 Å². The van der Waals surface area contributed by atoms with Gasteiger partial charge in [-0.2, -0.15) is 0 Å². The molecule has 0 radical (unpaired) electrons. The minimum absolute atomic E-state index is 0.0572. The Morgan fingerprint density at radius 1 is 1.17 bits per heavy atom. The number of ether oxygens (including phenoxy) is 1. The van der Waals surface area contributed by atoms with Gasteiger partial charge in [0.1, 0.15) is 5.75 Å². The van der Waals surface area contributed by atoms with Gasteiger partial charge >= 0.3 is 5.97 Å². The van der Waals surface area contributed by atoms with Crippen LogP contribution in [0.15, 0.2) is 48.5 Å². The molecule has 0 aliphatic carbocycles. The lowest BCUT2D eigenvalue weighted by atomic mass is 10.0. The van der Waals surface area contributed by atoms with Crippen LogP contribution in [0.25, 0.3) is 11.1 Å². The number of aromatic carboxylic acids is 1. The molecule has 6 nitrogen and oxygen atoms in total. The van der Waals surface area contributed by atoms with Gasteiger partial charge in [-0.05, 0) is 35.2 Å². The highest BCUT2D eigenvalue weighted by molar-refractivity contribution is 5.87. The first-order chi connectivity index (χ1) is 11.2. The van der Waals surface area contributed by atoms with Gasteiger partial charge in [0.05, 0.1) is 0 Å². The summed E-state index contributed by atoms with van der Waals surface area (Å²) in [5.41, 5.74) is 3.29. The van der Waals surface area contributed by atoms with E-state index in [0.29, 0.717) is 5.75 Å². The van der Waals surface area contributed by atoms with Crippen LogP contribution in [0.2, 0.25) is 0 Å². The van der Waals surface area contributed by atoms with Crippen LogP contribution in [0.4, 0.5) is 0 Å². The Bertz CT molecular complexity index is 825. The maximum absolute atomic E-state index is 11.0. The Hall–Kier alpha value is -3.15. The van der Waals surface area contributed by atoms with Crippen molar-refractivity contribution in [2.45, 2.75) is 13.3 Å². The zero-order valence-corrected chi connectivity index (χ0v) is 12.5. The number of rotatable bonds is 5. The van der Waals surface area contributed by atoms with Gasteiger partial charge in [0.2, 0.25) is 5.69 Å². The molecule has 23 heavy (non-hydrogen) atoms. The molecule has 2 N–H and O–H groups in total. The van der Waals surface area contributed by atoms with Crippen LogP contribution in [-0.2, 0) is 6.42 Å². The Morgan fingerprint density at radius 2 is 1.96 bits per heavy atom. The Morgan fingerprint density at radius 3 is 2.65 bits per heavy atom. The third kappa shape index (κ3) is 3.21. The topological polar surface area (TPSA) is 88.1 Å². The monoisotopic (exact) mass is 309 g/mol. The van der Waals surface area contributed by atoms with E-state index >= 15 is 0 Å². The van der Waals surface area contributed by atoms with Gasteiger partial charge in [0, 0.05) is 0 Å². The number of benzene rings is 2. The Labute approximate surface area is 132 Å². The lowest BCUT2D eigenvalue weighted by molar-refractivity contribution is 0.0687. The molecule has 0 saturated carbocycles. The zero-order chi connectivity index (χ0) is 16.2.